The maximum atomic E-state index is 2.63. The summed E-state index contributed by atoms with van der Waals surface area (Å²) in [4.78, 5) is 0. The summed E-state index contributed by atoms with van der Waals surface area (Å²) in [7, 11) is 0. The summed E-state index contributed by atoms with van der Waals surface area (Å²) >= 11 is 0. The van der Waals surface area contributed by atoms with Gasteiger partial charge in [0.1, 0.15) is 0 Å². The molecule has 1 aromatic rings. The van der Waals surface area contributed by atoms with Gasteiger partial charge >= 0.3 is 0 Å². The van der Waals surface area contributed by atoms with Crippen molar-refractivity contribution in [1.82, 2.24) is 0 Å². The van der Waals surface area contributed by atoms with Crippen molar-refractivity contribution in [1.29, 1.82) is 0 Å². The van der Waals surface area contributed by atoms with E-state index in [1.807, 2.05) is 0 Å². The summed E-state index contributed by atoms with van der Waals surface area (Å²) < 4.78 is 0. The van der Waals surface area contributed by atoms with Crippen molar-refractivity contribution in [3.05, 3.63) is 35.4 Å². The van der Waals surface area contributed by atoms with E-state index in [0.29, 0.717) is 16.7 Å². The van der Waals surface area contributed by atoms with Crippen molar-refractivity contribution in [2.45, 2.75) is 91.9 Å². The number of hydrogen-bond donors (Lipinski definition) is 0. The largest absolute Gasteiger partial charge is 0.0620 e. The number of rotatable bonds is 3. The molecule has 0 saturated heterocycles. The molecule has 3 rings (SSSR count). The Bertz CT molecular complexity index is 514. The summed E-state index contributed by atoms with van der Waals surface area (Å²) in [5.74, 6) is 2.38. The molecule has 134 valence electrons. The van der Waals surface area contributed by atoms with Gasteiger partial charge in [-0.25, -0.2) is 0 Å². The van der Waals surface area contributed by atoms with Crippen LogP contribution in [0.5, 0.6) is 0 Å². The van der Waals surface area contributed by atoms with Crippen LogP contribution in [-0.4, -0.2) is 0 Å². The van der Waals surface area contributed by atoms with Crippen LogP contribution in [0.25, 0.3) is 0 Å². The Morgan fingerprint density at radius 2 is 1.25 bits per heavy atom. The average Bonchev–Trinajstić information content (AvgIpc) is 2.55. The lowest BCUT2D eigenvalue weighted by atomic mass is 9.48. The molecule has 0 spiro atoms. The molecule has 24 heavy (non-hydrogen) atoms. The Balaban J connectivity index is 2.08. The molecule has 0 radical (unpaired) electrons. The highest BCUT2D eigenvalue weighted by Gasteiger charge is 2.52. The Labute approximate surface area is 150 Å². The lowest BCUT2D eigenvalue weighted by Gasteiger charge is -2.56. The second-order valence-corrected chi connectivity index (χ2v) is 9.65. The topological polar surface area (TPSA) is 0 Å². The first kappa shape index (κ1) is 18.0. The predicted octanol–water partition coefficient (Wildman–Crippen LogP) is 7.51. The number of hydrogen-bond acceptors (Lipinski definition) is 0. The van der Waals surface area contributed by atoms with Crippen LogP contribution in [0.2, 0.25) is 0 Å². The fourth-order valence-electron chi connectivity index (χ4n) is 6.20. The third-order valence-corrected chi connectivity index (χ3v) is 8.19. The van der Waals surface area contributed by atoms with Gasteiger partial charge in [-0.3, -0.25) is 0 Å². The molecule has 0 amide bonds. The van der Waals surface area contributed by atoms with E-state index >= 15 is 0 Å². The molecule has 0 N–H and O–H groups in total. The van der Waals surface area contributed by atoms with Gasteiger partial charge in [-0.2, -0.15) is 0 Å². The Hall–Kier alpha value is -0.780. The molecular formula is C24H38. The lowest BCUT2D eigenvalue weighted by Crippen LogP contribution is -2.47. The molecule has 0 aliphatic heterocycles. The molecule has 2 aliphatic rings. The fraction of sp³-hybridized carbons (Fsp3) is 0.750. The van der Waals surface area contributed by atoms with Gasteiger partial charge in [0.25, 0.3) is 0 Å². The van der Waals surface area contributed by atoms with Gasteiger partial charge in [0.05, 0.1) is 0 Å². The van der Waals surface area contributed by atoms with Crippen LogP contribution in [0.4, 0.5) is 0 Å². The highest BCUT2D eigenvalue weighted by molar-refractivity contribution is 5.29. The van der Waals surface area contributed by atoms with Crippen molar-refractivity contribution >= 4 is 0 Å². The lowest BCUT2D eigenvalue weighted by molar-refractivity contribution is -0.0217. The van der Waals surface area contributed by atoms with Crippen LogP contribution in [0, 0.1) is 29.6 Å². The first-order valence-corrected chi connectivity index (χ1v) is 10.4. The zero-order valence-corrected chi connectivity index (χ0v) is 16.7. The zero-order valence-electron chi connectivity index (χ0n) is 16.7. The summed E-state index contributed by atoms with van der Waals surface area (Å²) in [5.41, 5.74) is 3.91. The molecule has 0 aromatic heterocycles. The minimum Gasteiger partial charge on any atom is -0.0620 e. The van der Waals surface area contributed by atoms with Crippen LogP contribution in [0.1, 0.15) is 96.1 Å². The highest BCUT2D eigenvalue weighted by Crippen LogP contribution is 2.62. The maximum absolute atomic E-state index is 2.63. The second kappa shape index (κ2) is 6.85. The molecule has 1 aromatic carbocycles. The highest BCUT2D eigenvalue weighted by atomic mass is 14.6. The second-order valence-electron chi connectivity index (χ2n) is 9.65. The van der Waals surface area contributed by atoms with Crippen molar-refractivity contribution in [3.8, 4) is 0 Å². The Morgan fingerprint density at radius 1 is 0.792 bits per heavy atom. The minimum atomic E-state index is 0.452. The monoisotopic (exact) mass is 326 g/mol. The normalized spacial score (nSPS) is 38.7. The van der Waals surface area contributed by atoms with E-state index in [1.165, 1.54) is 56.9 Å². The van der Waals surface area contributed by atoms with Crippen molar-refractivity contribution in [2.24, 2.45) is 22.7 Å². The van der Waals surface area contributed by atoms with Gasteiger partial charge in [-0.15, -0.1) is 0 Å². The molecule has 0 heteroatoms. The van der Waals surface area contributed by atoms with Gasteiger partial charge in [-0.1, -0.05) is 96.0 Å². The molecule has 2 aliphatic carbocycles. The SMILES string of the molecule is Cc1ccc(C(C2(C)CCCCC2C)C2(C)CCCCC2C)cc1. The standard InChI is InChI=1S/C24H38/c1-18-12-14-21(15-13-18)22(23(4)16-8-6-10-19(23)2)24(5)17-9-7-11-20(24)3/h12-15,19-20,22H,6-11,16-17H2,1-5H3. The maximum Gasteiger partial charge on any atom is -0.00489 e. The van der Waals surface area contributed by atoms with Crippen molar-refractivity contribution in [3.63, 3.8) is 0 Å². The first-order chi connectivity index (χ1) is 11.4. The molecular weight excluding hydrogens is 288 g/mol. The van der Waals surface area contributed by atoms with Crippen LogP contribution >= 0.6 is 0 Å². The predicted molar refractivity (Wildman–Crippen MR) is 105 cm³/mol. The van der Waals surface area contributed by atoms with Crippen LogP contribution in [0.3, 0.4) is 0 Å². The number of aryl methyl sites for hydroxylation is 1. The minimum absolute atomic E-state index is 0.452. The van der Waals surface area contributed by atoms with Gasteiger partial charge in [0, 0.05) is 0 Å². The molecule has 4 unspecified atom stereocenters. The van der Waals surface area contributed by atoms with Gasteiger partial charge in [-0.05, 0) is 53.9 Å². The number of benzene rings is 1. The summed E-state index contributed by atoms with van der Waals surface area (Å²) in [6.07, 6.45) is 11.4. The quantitative estimate of drug-likeness (QED) is 0.539. The van der Waals surface area contributed by atoms with Crippen molar-refractivity contribution in [2.75, 3.05) is 0 Å². The molecule has 2 saturated carbocycles. The third kappa shape index (κ3) is 3.06. The van der Waals surface area contributed by atoms with E-state index in [1.54, 1.807) is 5.56 Å². The van der Waals surface area contributed by atoms with Gasteiger partial charge < -0.3 is 0 Å². The summed E-state index contributed by atoms with van der Waals surface area (Å²) in [6, 6.07) is 9.60. The Kier molecular flexibility index (Phi) is 5.14. The fourth-order valence-corrected chi connectivity index (χ4v) is 6.20. The molecule has 2 fully saturated rings. The van der Waals surface area contributed by atoms with Gasteiger partial charge in [0.15, 0.2) is 0 Å². The summed E-state index contributed by atoms with van der Waals surface area (Å²) in [6.45, 7) is 12.6. The Morgan fingerprint density at radius 3 is 1.67 bits per heavy atom. The van der Waals surface area contributed by atoms with E-state index in [4.69, 9.17) is 0 Å². The van der Waals surface area contributed by atoms with Crippen LogP contribution < -0.4 is 0 Å². The van der Waals surface area contributed by atoms with E-state index < -0.39 is 0 Å². The average molecular weight is 327 g/mol. The molecule has 0 heterocycles. The van der Waals surface area contributed by atoms with Crippen LogP contribution in [0.15, 0.2) is 24.3 Å². The molecule has 4 atom stereocenters. The van der Waals surface area contributed by atoms with Crippen LogP contribution in [-0.2, 0) is 0 Å². The van der Waals surface area contributed by atoms with E-state index in [9.17, 15) is 0 Å². The smallest absolute Gasteiger partial charge is 0.00489 e. The van der Waals surface area contributed by atoms with E-state index in [-0.39, 0.29) is 0 Å². The third-order valence-electron chi connectivity index (χ3n) is 8.19. The molecule has 0 bridgehead atoms. The van der Waals surface area contributed by atoms with E-state index in [0.717, 1.165) is 11.8 Å². The van der Waals surface area contributed by atoms with Gasteiger partial charge in [0.2, 0.25) is 0 Å². The zero-order chi connectivity index (χ0) is 17.4. The van der Waals surface area contributed by atoms with Crippen molar-refractivity contribution < 1.29 is 0 Å². The molecule has 0 nitrogen and oxygen atoms in total. The first-order valence-electron chi connectivity index (χ1n) is 10.4. The van der Waals surface area contributed by atoms with E-state index in [2.05, 4.69) is 58.9 Å². The summed E-state index contributed by atoms with van der Waals surface area (Å²) in [5, 5.41) is 0.